The van der Waals surface area contributed by atoms with Crippen LogP contribution in [0.3, 0.4) is 0 Å². The minimum Gasteiger partial charge on any atom is -0.376 e. The van der Waals surface area contributed by atoms with Crippen LogP contribution in [-0.2, 0) is 11.3 Å². The summed E-state index contributed by atoms with van der Waals surface area (Å²) in [4.78, 5) is 11.2. The van der Waals surface area contributed by atoms with Crippen molar-refractivity contribution in [2.45, 2.75) is 6.61 Å². The summed E-state index contributed by atoms with van der Waals surface area (Å²) in [7, 11) is 0. The third-order valence-electron chi connectivity index (χ3n) is 2.78. The standard InChI is InChI=1S/C16H16NO2/c17-16(18)15-9-5-4-8-14(15)12-19-11-10-13-6-2-1-3-7-13/h1-10H,11-12H2,(H2,17,18). The van der Waals surface area contributed by atoms with Crippen molar-refractivity contribution >= 4 is 5.91 Å². The Morgan fingerprint density at radius 2 is 1.74 bits per heavy atom. The van der Waals surface area contributed by atoms with Gasteiger partial charge in [-0.2, -0.15) is 0 Å². The summed E-state index contributed by atoms with van der Waals surface area (Å²) in [6.45, 7) is 0.875. The second-order valence-electron chi connectivity index (χ2n) is 4.15. The van der Waals surface area contributed by atoms with E-state index in [1.807, 2.05) is 48.9 Å². The van der Waals surface area contributed by atoms with Gasteiger partial charge in [-0.25, -0.2) is 0 Å². The number of primary amides is 1. The largest absolute Gasteiger partial charge is 0.376 e. The number of carbonyl (C=O) groups excluding carboxylic acids is 1. The van der Waals surface area contributed by atoms with E-state index < -0.39 is 5.91 Å². The van der Waals surface area contributed by atoms with Gasteiger partial charge in [-0.05, 0) is 17.2 Å². The SMILES string of the molecule is NC(=O)c1ccccc1COC[CH]c1ccccc1. The van der Waals surface area contributed by atoms with E-state index in [1.54, 1.807) is 12.1 Å². The second kappa shape index (κ2) is 6.71. The minimum atomic E-state index is -0.425. The lowest BCUT2D eigenvalue weighted by atomic mass is 10.1. The highest BCUT2D eigenvalue weighted by molar-refractivity contribution is 5.94. The molecule has 2 aromatic carbocycles. The Hall–Kier alpha value is -2.13. The predicted octanol–water partition coefficient (Wildman–Crippen LogP) is 2.55. The zero-order valence-corrected chi connectivity index (χ0v) is 10.6. The first-order chi connectivity index (χ1) is 9.27. The van der Waals surface area contributed by atoms with Crippen LogP contribution in [0.5, 0.6) is 0 Å². The van der Waals surface area contributed by atoms with Crippen LogP contribution >= 0.6 is 0 Å². The molecular weight excluding hydrogens is 238 g/mol. The van der Waals surface area contributed by atoms with Crippen LogP contribution in [0.4, 0.5) is 0 Å². The molecular formula is C16H16NO2. The monoisotopic (exact) mass is 254 g/mol. The van der Waals surface area contributed by atoms with Crippen LogP contribution in [0, 0.1) is 6.42 Å². The van der Waals surface area contributed by atoms with Gasteiger partial charge in [0.25, 0.3) is 0 Å². The van der Waals surface area contributed by atoms with E-state index in [9.17, 15) is 4.79 Å². The van der Waals surface area contributed by atoms with Gasteiger partial charge in [0.1, 0.15) is 0 Å². The highest BCUT2D eigenvalue weighted by Gasteiger charge is 2.06. The van der Waals surface area contributed by atoms with Gasteiger partial charge < -0.3 is 10.5 Å². The number of nitrogens with two attached hydrogens (primary N) is 1. The van der Waals surface area contributed by atoms with Crippen molar-refractivity contribution in [2.24, 2.45) is 5.73 Å². The highest BCUT2D eigenvalue weighted by Crippen LogP contribution is 2.10. The number of hydrogen-bond donors (Lipinski definition) is 1. The first-order valence-corrected chi connectivity index (χ1v) is 6.11. The van der Waals surface area contributed by atoms with Gasteiger partial charge in [0, 0.05) is 12.0 Å². The predicted molar refractivity (Wildman–Crippen MR) is 74.5 cm³/mol. The first kappa shape index (κ1) is 13.3. The third kappa shape index (κ3) is 3.93. The van der Waals surface area contributed by atoms with Gasteiger partial charge in [-0.3, -0.25) is 4.79 Å². The molecule has 0 fully saturated rings. The molecule has 0 atom stereocenters. The second-order valence-corrected chi connectivity index (χ2v) is 4.15. The number of rotatable bonds is 6. The Morgan fingerprint density at radius 3 is 2.47 bits per heavy atom. The fourth-order valence-electron chi connectivity index (χ4n) is 1.80. The Bertz CT molecular complexity index is 537. The van der Waals surface area contributed by atoms with Gasteiger partial charge >= 0.3 is 0 Å². The fraction of sp³-hybridized carbons (Fsp3) is 0.125. The van der Waals surface area contributed by atoms with Crippen molar-refractivity contribution in [3.05, 3.63) is 77.7 Å². The van der Waals surface area contributed by atoms with Crippen molar-refractivity contribution in [3.8, 4) is 0 Å². The number of carbonyl (C=O) groups is 1. The molecule has 0 aliphatic heterocycles. The van der Waals surface area contributed by atoms with E-state index in [0.29, 0.717) is 18.8 Å². The van der Waals surface area contributed by atoms with Crippen LogP contribution in [0.15, 0.2) is 54.6 Å². The molecule has 0 saturated heterocycles. The lowest BCUT2D eigenvalue weighted by Gasteiger charge is -2.07. The molecule has 2 N–H and O–H groups in total. The van der Waals surface area contributed by atoms with E-state index in [-0.39, 0.29) is 0 Å². The van der Waals surface area contributed by atoms with Crippen molar-refractivity contribution < 1.29 is 9.53 Å². The highest BCUT2D eigenvalue weighted by atomic mass is 16.5. The third-order valence-corrected chi connectivity index (χ3v) is 2.78. The van der Waals surface area contributed by atoms with Gasteiger partial charge in [0.05, 0.1) is 13.2 Å². The molecule has 3 heteroatoms. The molecule has 0 bridgehead atoms. The van der Waals surface area contributed by atoms with Gasteiger partial charge in [-0.15, -0.1) is 0 Å². The van der Waals surface area contributed by atoms with E-state index in [2.05, 4.69) is 0 Å². The van der Waals surface area contributed by atoms with Crippen molar-refractivity contribution in [1.82, 2.24) is 0 Å². The van der Waals surface area contributed by atoms with Gasteiger partial charge in [0.15, 0.2) is 0 Å². The molecule has 0 heterocycles. The summed E-state index contributed by atoms with van der Waals surface area (Å²) < 4.78 is 5.55. The molecule has 19 heavy (non-hydrogen) atoms. The zero-order chi connectivity index (χ0) is 13.5. The van der Waals surface area contributed by atoms with Crippen molar-refractivity contribution in [1.29, 1.82) is 0 Å². The molecule has 3 nitrogen and oxygen atoms in total. The topological polar surface area (TPSA) is 52.3 Å². The van der Waals surface area contributed by atoms with E-state index in [0.717, 1.165) is 11.1 Å². The molecule has 0 spiro atoms. The van der Waals surface area contributed by atoms with Crippen LogP contribution < -0.4 is 5.73 Å². The summed E-state index contributed by atoms with van der Waals surface area (Å²) in [6, 6.07) is 17.2. The molecule has 2 aromatic rings. The normalized spacial score (nSPS) is 10.3. The van der Waals surface area contributed by atoms with E-state index in [1.165, 1.54) is 0 Å². The van der Waals surface area contributed by atoms with Crippen LogP contribution in [0.1, 0.15) is 21.5 Å². The van der Waals surface area contributed by atoms with Crippen molar-refractivity contribution in [2.75, 3.05) is 6.61 Å². The van der Waals surface area contributed by atoms with Crippen LogP contribution in [0.2, 0.25) is 0 Å². The van der Waals surface area contributed by atoms with Crippen LogP contribution in [0.25, 0.3) is 0 Å². The molecule has 1 radical (unpaired) electrons. The molecule has 1 amide bonds. The summed E-state index contributed by atoms with van der Waals surface area (Å²) in [5, 5.41) is 0. The van der Waals surface area contributed by atoms with Crippen molar-refractivity contribution in [3.63, 3.8) is 0 Å². The zero-order valence-electron chi connectivity index (χ0n) is 10.6. The lowest BCUT2D eigenvalue weighted by Crippen LogP contribution is -2.14. The molecule has 0 aromatic heterocycles. The molecule has 0 aliphatic rings. The van der Waals surface area contributed by atoms with Gasteiger partial charge in [0.2, 0.25) is 5.91 Å². The maximum atomic E-state index is 11.2. The number of amides is 1. The minimum absolute atomic E-state index is 0.377. The smallest absolute Gasteiger partial charge is 0.249 e. The van der Waals surface area contributed by atoms with E-state index in [4.69, 9.17) is 10.5 Å². The average Bonchev–Trinajstić information content (AvgIpc) is 2.45. The Labute approximate surface area is 113 Å². The van der Waals surface area contributed by atoms with Gasteiger partial charge in [-0.1, -0.05) is 48.5 Å². The Balaban J connectivity index is 1.85. The fourth-order valence-corrected chi connectivity index (χ4v) is 1.80. The molecule has 0 saturated carbocycles. The number of ether oxygens (including phenoxy) is 1. The Morgan fingerprint density at radius 1 is 1.05 bits per heavy atom. The van der Waals surface area contributed by atoms with E-state index >= 15 is 0 Å². The molecule has 2 rings (SSSR count). The summed E-state index contributed by atoms with van der Waals surface area (Å²) in [5.74, 6) is -0.425. The quantitative estimate of drug-likeness (QED) is 0.805. The average molecular weight is 254 g/mol. The lowest BCUT2D eigenvalue weighted by molar-refractivity contribution is 0.0991. The molecule has 97 valence electrons. The number of benzene rings is 2. The summed E-state index contributed by atoms with van der Waals surface area (Å²) in [5.41, 5.74) is 7.76. The number of hydrogen-bond acceptors (Lipinski definition) is 2. The van der Waals surface area contributed by atoms with Crippen LogP contribution in [-0.4, -0.2) is 12.5 Å². The summed E-state index contributed by atoms with van der Waals surface area (Å²) >= 11 is 0. The molecule has 0 aliphatic carbocycles. The summed E-state index contributed by atoms with van der Waals surface area (Å²) in [6.07, 6.45) is 1.99. The maximum Gasteiger partial charge on any atom is 0.249 e. The Kier molecular flexibility index (Phi) is 4.70. The first-order valence-electron chi connectivity index (χ1n) is 6.11. The molecule has 0 unspecified atom stereocenters. The maximum absolute atomic E-state index is 11.2.